The number of aliphatic hydroxyl groups is 1. The van der Waals surface area contributed by atoms with Gasteiger partial charge in [-0.25, -0.2) is 0 Å². The Morgan fingerprint density at radius 3 is 2.20 bits per heavy atom. The van der Waals surface area contributed by atoms with Crippen LogP contribution in [-0.4, -0.2) is 13.2 Å². The van der Waals surface area contributed by atoms with Crippen molar-refractivity contribution in [2.75, 3.05) is 0 Å². The summed E-state index contributed by atoms with van der Waals surface area (Å²) >= 11 is 0. The fourth-order valence-electron chi connectivity index (χ4n) is 2.91. The van der Waals surface area contributed by atoms with Gasteiger partial charge in [-0.05, 0) is 18.4 Å². The highest BCUT2D eigenvalue weighted by Crippen LogP contribution is 2.39. The smallest absolute Gasteiger partial charge is 0.153 e. The van der Waals surface area contributed by atoms with Gasteiger partial charge >= 0.3 is 0 Å². The lowest BCUT2D eigenvalue weighted by Gasteiger charge is -2.35. The number of benzene rings is 1. The van der Waals surface area contributed by atoms with Gasteiger partial charge in [0.05, 0.1) is 0 Å². The Bertz CT molecular complexity index is 486. The van der Waals surface area contributed by atoms with Crippen molar-refractivity contribution in [1.82, 2.24) is 0 Å². The van der Waals surface area contributed by atoms with Gasteiger partial charge in [-0.1, -0.05) is 75.2 Å². The van der Waals surface area contributed by atoms with Crippen molar-refractivity contribution in [1.29, 1.82) is 0 Å². The predicted molar refractivity (Wildman–Crippen MR) is 88.0 cm³/mol. The summed E-state index contributed by atoms with van der Waals surface area (Å²) in [5, 5.41) is 11.3. The molecule has 0 spiro atoms. The van der Waals surface area contributed by atoms with Crippen molar-refractivity contribution in [3.8, 4) is 11.5 Å². The maximum absolute atomic E-state index is 11.3. The second kappa shape index (κ2) is 6.16. The van der Waals surface area contributed by atoms with Gasteiger partial charge in [0.1, 0.15) is 8.07 Å². The van der Waals surface area contributed by atoms with E-state index in [1.807, 2.05) is 30.3 Å². The standard InChI is InChI=1S/C18H26OSi/c1-20(2,3)15-14-18(19,16-10-6-4-7-11-16)17-12-8-5-9-13-17/h4,6-7,10-11,17,19H,5,8-9,12-13H2,1-3H3. The van der Waals surface area contributed by atoms with Crippen LogP contribution >= 0.6 is 0 Å². The summed E-state index contributed by atoms with van der Waals surface area (Å²) in [6, 6.07) is 10.0. The Kier molecular flexibility index (Phi) is 4.73. The van der Waals surface area contributed by atoms with E-state index in [2.05, 4.69) is 31.1 Å². The summed E-state index contributed by atoms with van der Waals surface area (Å²) in [6.07, 6.45) is 5.91. The Morgan fingerprint density at radius 2 is 1.65 bits per heavy atom. The molecule has 2 rings (SSSR count). The van der Waals surface area contributed by atoms with Gasteiger partial charge in [-0.15, -0.1) is 5.54 Å². The maximum atomic E-state index is 11.3. The summed E-state index contributed by atoms with van der Waals surface area (Å²) in [7, 11) is -1.48. The van der Waals surface area contributed by atoms with E-state index in [0.29, 0.717) is 0 Å². The highest BCUT2D eigenvalue weighted by atomic mass is 28.3. The van der Waals surface area contributed by atoms with Gasteiger partial charge in [-0.2, -0.15) is 0 Å². The molecule has 1 aliphatic rings. The van der Waals surface area contributed by atoms with Gasteiger partial charge in [0.25, 0.3) is 0 Å². The summed E-state index contributed by atoms with van der Waals surface area (Å²) in [5.41, 5.74) is 3.41. The minimum absolute atomic E-state index is 0.280. The molecule has 1 saturated carbocycles. The molecule has 0 heterocycles. The van der Waals surface area contributed by atoms with E-state index < -0.39 is 13.7 Å². The number of hydrogen-bond donors (Lipinski definition) is 1. The van der Waals surface area contributed by atoms with E-state index in [1.165, 1.54) is 19.3 Å². The minimum atomic E-state index is -1.48. The Hall–Kier alpha value is -1.04. The van der Waals surface area contributed by atoms with E-state index in [1.54, 1.807) is 0 Å². The van der Waals surface area contributed by atoms with E-state index in [0.717, 1.165) is 18.4 Å². The Labute approximate surface area is 124 Å². The fourth-order valence-corrected chi connectivity index (χ4v) is 3.47. The molecule has 0 aliphatic heterocycles. The topological polar surface area (TPSA) is 20.2 Å². The second-order valence-electron chi connectivity index (χ2n) is 6.97. The molecule has 2 heteroatoms. The summed E-state index contributed by atoms with van der Waals surface area (Å²) < 4.78 is 0. The molecule has 1 fully saturated rings. The van der Waals surface area contributed by atoms with Gasteiger partial charge in [0.2, 0.25) is 0 Å². The van der Waals surface area contributed by atoms with Crippen LogP contribution in [0.1, 0.15) is 37.7 Å². The van der Waals surface area contributed by atoms with Crippen LogP contribution < -0.4 is 0 Å². The lowest BCUT2D eigenvalue weighted by atomic mass is 9.74. The third kappa shape index (κ3) is 3.74. The number of hydrogen-bond acceptors (Lipinski definition) is 1. The van der Waals surface area contributed by atoms with Crippen LogP contribution in [0.15, 0.2) is 30.3 Å². The molecule has 108 valence electrons. The molecule has 1 nitrogen and oxygen atoms in total. The van der Waals surface area contributed by atoms with Crippen molar-refractivity contribution in [2.45, 2.75) is 57.3 Å². The van der Waals surface area contributed by atoms with E-state index in [4.69, 9.17) is 0 Å². The van der Waals surface area contributed by atoms with Crippen molar-refractivity contribution >= 4 is 8.07 Å². The first-order valence-electron chi connectivity index (χ1n) is 7.74. The average molecular weight is 286 g/mol. The number of rotatable bonds is 2. The molecule has 0 amide bonds. The first-order valence-corrected chi connectivity index (χ1v) is 11.2. The van der Waals surface area contributed by atoms with Gasteiger partial charge < -0.3 is 5.11 Å². The SMILES string of the molecule is C[Si](C)(C)C#CC(O)(c1ccccc1)C1CCCCC1. The second-order valence-corrected chi connectivity index (χ2v) is 11.7. The largest absolute Gasteiger partial charge is 0.373 e. The molecule has 0 bridgehead atoms. The van der Waals surface area contributed by atoms with Crippen molar-refractivity contribution < 1.29 is 5.11 Å². The zero-order chi connectivity index (χ0) is 14.6. The Balaban J connectivity index is 2.39. The van der Waals surface area contributed by atoms with Gasteiger partial charge in [-0.3, -0.25) is 0 Å². The molecule has 1 aromatic carbocycles. The first kappa shape index (κ1) is 15.3. The quantitative estimate of drug-likeness (QED) is 0.633. The molecular weight excluding hydrogens is 260 g/mol. The van der Waals surface area contributed by atoms with E-state index >= 15 is 0 Å². The maximum Gasteiger partial charge on any atom is 0.153 e. The lowest BCUT2D eigenvalue weighted by molar-refractivity contribution is 0.0160. The monoisotopic (exact) mass is 286 g/mol. The predicted octanol–water partition coefficient (Wildman–Crippen LogP) is 4.34. The lowest BCUT2D eigenvalue weighted by Crippen LogP contribution is -2.36. The normalized spacial score (nSPS) is 19.8. The van der Waals surface area contributed by atoms with E-state index in [-0.39, 0.29) is 5.92 Å². The third-order valence-electron chi connectivity index (χ3n) is 4.04. The molecule has 1 N–H and O–H groups in total. The molecule has 20 heavy (non-hydrogen) atoms. The molecule has 0 saturated heterocycles. The van der Waals surface area contributed by atoms with Crippen molar-refractivity contribution in [3.63, 3.8) is 0 Å². The average Bonchev–Trinajstić information content (AvgIpc) is 2.46. The van der Waals surface area contributed by atoms with Gasteiger partial charge in [0, 0.05) is 5.92 Å². The molecule has 1 unspecified atom stereocenters. The summed E-state index contributed by atoms with van der Waals surface area (Å²) in [4.78, 5) is 0. The molecule has 1 aromatic rings. The van der Waals surface area contributed by atoms with Crippen LogP contribution in [0.4, 0.5) is 0 Å². The fraction of sp³-hybridized carbons (Fsp3) is 0.556. The van der Waals surface area contributed by atoms with Gasteiger partial charge in [0.15, 0.2) is 5.60 Å². The van der Waals surface area contributed by atoms with Crippen LogP contribution in [0, 0.1) is 17.4 Å². The van der Waals surface area contributed by atoms with Crippen LogP contribution in [0.5, 0.6) is 0 Å². The van der Waals surface area contributed by atoms with E-state index in [9.17, 15) is 5.11 Å². The van der Waals surface area contributed by atoms with Crippen LogP contribution in [-0.2, 0) is 5.60 Å². The third-order valence-corrected chi connectivity index (χ3v) is 4.91. The van der Waals surface area contributed by atoms with Crippen molar-refractivity contribution in [2.24, 2.45) is 5.92 Å². The first-order chi connectivity index (χ1) is 9.42. The Morgan fingerprint density at radius 1 is 1.05 bits per heavy atom. The molecular formula is C18H26OSi. The summed E-state index contributed by atoms with van der Waals surface area (Å²) in [5.74, 6) is 3.57. The van der Waals surface area contributed by atoms with Crippen LogP contribution in [0.2, 0.25) is 19.6 Å². The summed E-state index contributed by atoms with van der Waals surface area (Å²) in [6.45, 7) is 6.69. The highest BCUT2D eigenvalue weighted by molar-refractivity contribution is 6.83. The van der Waals surface area contributed by atoms with Crippen LogP contribution in [0.3, 0.4) is 0 Å². The molecule has 0 radical (unpaired) electrons. The zero-order valence-corrected chi connectivity index (χ0v) is 13.9. The molecule has 0 aromatic heterocycles. The molecule has 1 aliphatic carbocycles. The molecule has 1 atom stereocenters. The zero-order valence-electron chi connectivity index (χ0n) is 12.9. The minimum Gasteiger partial charge on any atom is -0.373 e. The van der Waals surface area contributed by atoms with Crippen molar-refractivity contribution in [3.05, 3.63) is 35.9 Å². The highest BCUT2D eigenvalue weighted by Gasteiger charge is 2.37. The van der Waals surface area contributed by atoms with Crippen LogP contribution in [0.25, 0.3) is 0 Å².